The van der Waals surface area contributed by atoms with Crippen LogP contribution in [-0.2, 0) is 17.9 Å². The Bertz CT molecular complexity index is 957. The molecule has 6 nitrogen and oxygen atoms in total. The third-order valence-corrected chi connectivity index (χ3v) is 4.65. The summed E-state index contributed by atoms with van der Waals surface area (Å²) >= 11 is 6.03. The van der Waals surface area contributed by atoms with Crippen molar-refractivity contribution < 1.29 is 9.59 Å². The van der Waals surface area contributed by atoms with E-state index in [1.54, 1.807) is 37.4 Å². The standard InChI is InChI=1S/C21H21ClN4O2/c1-15(25-21(28)18-9-4-5-10-19(18)22)20(27)23-13-16-7-2-3-8-17(16)14-26-12-6-11-24-26/h2-12,15H,13-14H2,1H3,(H,23,27)(H,25,28)/t15-/m0/s1. The van der Waals surface area contributed by atoms with Gasteiger partial charge in [0.1, 0.15) is 6.04 Å². The van der Waals surface area contributed by atoms with Gasteiger partial charge in [0.15, 0.2) is 0 Å². The summed E-state index contributed by atoms with van der Waals surface area (Å²) < 4.78 is 1.83. The topological polar surface area (TPSA) is 76.0 Å². The van der Waals surface area contributed by atoms with Gasteiger partial charge in [-0.15, -0.1) is 0 Å². The zero-order chi connectivity index (χ0) is 19.9. The molecule has 2 aromatic carbocycles. The number of nitrogens with zero attached hydrogens (tertiary/aromatic N) is 2. The SMILES string of the molecule is C[C@H](NC(=O)c1ccccc1Cl)C(=O)NCc1ccccc1Cn1cccn1. The predicted molar refractivity (Wildman–Crippen MR) is 108 cm³/mol. The summed E-state index contributed by atoms with van der Waals surface area (Å²) in [6.45, 7) is 2.63. The fourth-order valence-electron chi connectivity index (χ4n) is 2.77. The van der Waals surface area contributed by atoms with Crippen LogP contribution in [0.1, 0.15) is 28.4 Å². The monoisotopic (exact) mass is 396 g/mol. The van der Waals surface area contributed by atoms with E-state index in [-0.39, 0.29) is 11.8 Å². The summed E-state index contributed by atoms with van der Waals surface area (Å²) in [6, 6.07) is 15.8. The number of aromatic nitrogens is 2. The van der Waals surface area contributed by atoms with Gasteiger partial charge >= 0.3 is 0 Å². The van der Waals surface area contributed by atoms with Crippen LogP contribution in [0.5, 0.6) is 0 Å². The molecular weight excluding hydrogens is 376 g/mol. The summed E-state index contributed by atoms with van der Waals surface area (Å²) in [7, 11) is 0. The summed E-state index contributed by atoms with van der Waals surface area (Å²) in [5, 5.41) is 10.1. The zero-order valence-corrected chi connectivity index (χ0v) is 16.2. The summed E-state index contributed by atoms with van der Waals surface area (Å²) in [6.07, 6.45) is 3.62. The van der Waals surface area contributed by atoms with Gasteiger partial charge in [0.25, 0.3) is 5.91 Å². The van der Waals surface area contributed by atoms with Gasteiger partial charge in [0.2, 0.25) is 5.91 Å². The quantitative estimate of drug-likeness (QED) is 0.644. The summed E-state index contributed by atoms with van der Waals surface area (Å²) in [4.78, 5) is 24.7. The lowest BCUT2D eigenvalue weighted by Crippen LogP contribution is -2.44. The van der Waals surface area contributed by atoms with Crippen LogP contribution >= 0.6 is 11.6 Å². The lowest BCUT2D eigenvalue weighted by atomic mass is 10.1. The maximum atomic E-state index is 12.4. The molecule has 3 aromatic rings. The molecular formula is C21H21ClN4O2. The minimum atomic E-state index is -0.693. The second-order valence-corrected chi connectivity index (χ2v) is 6.77. The van der Waals surface area contributed by atoms with Gasteiger partial charge in [-0.25, -0.2) is 0 Å². The Morgan fingerprint density at radius 3 is 2.50 bits per heavy atom. The Morgan fingerprint density at radius 1 is 1.07 bits per heavy atom. The summed E-state index contributed by atoms with van der Waals surface area (Å²) in [5.41, 5.74) is 2.41. The summed E-state index contributed by atoms with van der Waals surface area (Å²) in [5.74, 6) is -0.651. The fraction of sp³-hybridized carbons (Fsp3) is 0.190. The molecule has 0 radical (unpaired) electrons. The van der Waals surface area contributed by atoms with Gasteiger partial charge < -0.3 is 10.6 Å². The highest BCUT2D eigenvalue weighted by Gasteiger charge is 2.18. The average molecular weight is 397 g/mol. The van der Waals surface area contributed by atoms with E-state index in [0.29, 0.717) is 23.7 Å². The van der Waals surface area contributed by atoms with E-state index < -0.39 is 6.04 Å². The third-order valence-electron chi connectivity index (χ3n) is 4.32. The highest BCUT2D eigenvalue weighted by Crippen LogP contribution is 2.15. The van der Waals surface area contributed by atoms with E-state index in [9.17, 15) is 9.59 Å². The van der Waals surface area contributed by atoms with Gasteiger partial charge in [0.05, 0.1) is 17.1 Å². The Balaban J connectivity index is 1.58. The number of hydrogen-bond donors (Lipinski definition) is 2. The van der Waals surface area contributed by atoms with Crippen LogP contribution < -0.4 is 10.6 Å². The molecule has 0 fully saturated rings. The van der Waals surface area contributed by atoms with E-state index in [1.807, 2.05) is 41.2 Å². The number of rotatable bonds is 7. The highest BCUT2D eigenvalue weighted by atomic mass is 35.5. The first kappa shape index (κ1) is 19.6. The number of carbonyl (C=O) groups excluding carboxylic acids is 2. The molecule has 0 saturated heterocycles. The fourth-order valence-corrected chi connectivity index (χ4v) is 2.99. The van der Waals surface area contributed by atoms with Gasteiger partial charge in [-0.05, 0) is 36.2 Å². The van der Waals surface area contributed by atoms with Crippen molar-refractivity contribution in [2.24, 2.45) is 0 Å². The Morgan fingerprint density at radius 2 is 1.79 bits per heavy atom. The van der Waals surface area contributed by atoms with Gasteiger partial charge in [-0.2, -0.15) is 5.10 Å². The Hall–Kier alpha value is -3.12. The number of nitrogens with one attached hydrogen (secondary N) is 2. The number of carbonyl (C=O) groups is 2. The average Bonchev–Trinajstić information content (AvgIpc) is 3.20. The molecule has 0 aliphatic heterocycles. The van der Waals surface area contributed by atoms with Gasteiger partial charge in [-0.3, -0.25) is 14.3 Å². The van der Waals surface area contributed by atoms with Crippen LogP contribution in [0.3, 0.4) is 0 Å². The molecule has 0 spiro atoms. The molecule has 0 unspecified atom stereocenters. The normalized spacial score (nSPS) is 11.6. The van der Waals surface area contributed by atoms with Crippen molar-refractivity contribution in [1.29, 1.82) is 0 Å². The predicted octanol–water partition coefficient (Wildman–Crippen LogP) is 3.02. The van der Waals surface area contributed by atoms with E-state index in [0.717, 1.165) is 11.1 Å². The Kier molecular flexibility index (Phi) is 6.45. The molecule has 1 aromatic heterocycles. The van der Waals surface area contributed by atoms with E-state index in [4.69, 9.17) is 11.6 Å². The largest absolute Gasteiger partial charge is 0.350 e. The molecule has 2 N–H and O–H groups in total. The molecule has 0 aliphatic rings. The Labute approximate surface area is 168 Å². The van der Waals surface area contributed by atoms with Crippen LogP contribution in [0.4, 0.5) is 0 Å². The molecule has 2 amide bonds. The number of halogens is 1. The van der Waals surface area contributed by atoms with Crippen molar-refractivity contribution >= 4 is 23.4 Å². The number of benzene rings is 2. The zero-order valence-electron chi connectivity index (χ0n) is 15.4. The van der Waals surface area contributed by atoms with Crippen molar-refractivity contribution in [2.75, 3.05) is 0 Å². The van der Waals surface area contributed by atoms with E-state index in [2.05, 4.69) is 15.7 Å². The number of hydrogen-bond acceptors (Lipinski definition) is 3. The van der Waals surface area contributed by atoms with Crippen LogP contribution in [0.2, 0.25) is 5.02 Å². The number of amides is 2. The van der Waals surface area contributed by atoms with Crippen molar-refractivity contribution in [1.82, 2.24) is 20.4 Å². The molecule has 144 valence electrons. The highest BCUT2D eigenvalue weighted by molar-refractivity contribution is 6.33. The molecule has 0 saturated carbocycles. The lowest BCUT2D eigenvalue weighted by molar-refractivity contribution is -0.122. The molecule has 7 heteroatoms. The minimum absolute atomic E-state index is 0.269. The van der Waals surface area contributed by atoms with Crippen molar-refractivity contribution in [3.8, 4) is 0 Å². The van der Waals surface area contributed by atoms with Crippen LogP contribution in [0, 0.1) is 0 Å². The molecule has 28 heavy (non-hydrogen) atoms. The van der Waals surface area contributed by atoms with Gasteiger partial charge in [0, 0.05) is 18.9 Å². The smallest absolute Gasteiger partial charge is 0.253 e. The van der Waals surface area contributed by atoms with Crippen molar-refractivity contribution in [3.05, 3.63) is 88.7 Å². The molecule has 3 rings (SSSR count). The molecule has 1 heterocycles. The van der Waals surface area contributed by atoms with Crippen LogP contribution in [0.15, 0.2) is 67.0 Å². The second-order valence-electron chi connectivity index (χ2n) is 6.37. The maximum Gasteiger partial charge on any atom is 0.253 e. The van der Waals surface area contributed by atoms with Crippen molar-refractivity contribution in [2.45, 2.75) is 26.1 Å². The van der Waals surface area contributed by atoms with E-state index in [1.165, 1.54) is 0 Å². The van der Waals surface area contributed by atoms with Crippen LogP contribution in [0.25, 0.3) is 0 Å². The molecule has 0 bridgehead atoms. The first-order valence-corrected chi connectivity index (χ1v) is 9.29. The molecule has 0 aliphatic carbocycles. The lowest BCUT2D eigenvalue weighted by Gasteiger charge is -2.16. The molecule has 1 atom stereocenters. The van der Waals surface area contributed by atoms with Gasteiger partial charge in [-0.1, -0.05) is 48.0 Å². The van der Waals surface area contributed by atoms with Crippen molar-refractivity contribution in [3.63, 3.8) is 0 Å². The third kappa shape index (κ3) is 4.98. The maximum absolute atomic E-state index is 12.4. The minimum Gasteiger partial charge on any atom is -0.350 e. The van der Waals surface area contributed by atoms with E-state index >= 15 is 0 Å². The first-order valence-electron chi connectivity index (χ1n) is 8.92. The van der Waals surface area contributed by atoms with Crippen LogP contribution in [-0.4, -0.2) is 27.6 Å². The first-order chi connectivity index (χ1) is 13.5. The second kappa shape index (κ2) is 9.19.